The fourth-order valence-electron chi connectivity index (χ4n) is 2.88. The van der Waals surface area contributed by atoms with E-state index in [1.807, 2.05) is 12.3 Å². The lowest BCUT2D eigenvalue weighted by Gasteiger charge is -2.04. The molecule has 0 aliphatic heterocycles. The van der Waals surface area contributed by atoms with E-state index in [0.717, 1.165) is 32.3 Å². The van der Waals surface area contributed by atoms with Crippen LogP contribution in [0.15, 0.2) is 48.1 Å². The van der Waals surface area contributed by atoms with Crippen molar-refractivity contribution in [3.05, 3.63) is 53.7 Å². The number of nitrogens with two attached hydrogens (primary N) is 1. The number of fused-ring (bicyclic) bond motifs is 2. The predicted octanol–water partition coefficient (Wildman–Crippen LogP) is 3.79. The Kier molecular flexibility index (Phi) is 3.74. The molecule has 0 unspecified atom stereocenters. The summed E-state index contributed by atoms with van der Waals surface area (Å²) in [5.74, 6) is 0.342. The van der Waals surface area contributed by atoms with Crippen molar-refractivity contribution in [3.63, 3.8) is 0 Å². The highest BCUT2D eigenvalue weighted by Gasteiger charge is 2.13. The van der Waals surface area contributed by atoms with E-state index >= 15 is 0 Å². The third-order valence-electron chi connectivity index (χ3n) is 4.18. The van der Waals surface area contributed by atoms with E-state index in [-0.39, 0.29) is 5.91 Å². The molecule has 1 amide bonds. The molecule has 1 aromatic carbocycles. The summed E-state index contributed by atoms with van der Waals surface area (Å²) in [6.45, 7) is 0. The van der Waals surface area contributed by atoms with Gasteiger partial charge in [0.1, 0.15) is 5.82 Å². The van der Waals surface area contributed by atoms with Gasteiger partial charge in [0.05, 0.1) is 0 Å². The number of nitrogen functional groups attached to an aromatic ring is 1. The van der Waals surface area contributed by atoms with Gasteiger partial charge in [0.2, 0.25) is 5.91 Å². The Labute approximate surface area is 148 Å². The number of H-pyrrole nitrogens is 1. The summed E-state index contributed by atoms with van der Waals surface area (Å²) in [6, 6.07) is 8.33. The number of hydrogen-bond acceptors (Lipinski definition) is 4. The van der Waals surface area contributed by atoms with Gasteiger partial charge in [-0.1, -0.05) is 12.1 Å². The van der Waals surface area contributed by atoms with Crippen LogP contribution in [0.3, 0.4) is 0 Å². The van der Waals surface area contributed by atoms with Crippen LogP contribution in [0.1, 0.15) is 5.56 Å². The number of aromatic amines is 1. The zero-order chi connectivity index (χ0) is 17.4. The normalized spacial score (nSPS) is 11.6. The Balaban J connectivity index is 1.88. The third-order valence-corrected chi connectivity index (χ3v) is 5.21. The van der Waals surface area contributed by atoms with Crippen LogP contribution in [0.2, 0.25) is 0 Å². The lowest BCUT2D eigenvalue weighted by Crippen LogP contribution is -2.13. The molecule has 4 rings (SSSR count). The van der Waals surface area contributed by atoms with Crippen LogP contribution in [0.4, 0.5) is 5.82 Å². The lowest BCUT2D eigenvalue weighted by atomic mass is 10.0. The van der Waals surface area contributed by atoms with E-state index in [2.05, 4.69) is 38.9 Å². The largest absolute Gasteiger partial charge is 0.383 e. The van der Waals surface area contributed by atoms with E-state index in [9.17, 15) is 4.79 Å². The van der Waals surface area contributed by atoms with Crippen molar-refractivity contribution in [3.8, 4) is 11.1 Å². The number of carbonyl (C=O) groups excluding carboxylic acids is 1. The number of nitrogens with zero attached hydrogens (tertiary/aromatic N) is 1. The minimum atomic E-state index is -0.154. The molecule has 0 fully saturated rings. The Bertz CT molecular complexity index is 1120. The van der Waals surface area contributed by atoms with Crippen molar-refractivity contribution in [1.29, 1.82) is 0 Å². The number of thiophene rings is 1. The Morgan fingerprint density at radius 1 is 1.36 bits per heavy atom. The van der Waals surface area contributed by atoms with Crippen LogP contribution in [0.25, 0.3) is 38.2 Å². The molecule has 3 aromatic heterocycles. The Hall–Kier alpha value is -3.12. The van der Waals surface area contributed by atoms with Crippen molar-refractivity contribution in [2.24, 2.45) is 0 Å². The van der Waals surface area contributed by atoms with Gasteiger partial charge in [0.15, 0.2) is 0 Å². The van der Waals surface area contributed by atoms with E-state index in [1.165, 1.54) is 11.5 Å². The van der Waals surface area contributed by atoms with E-state index < -0.39 is 0 Å². The number of aromatic nitrogens is 2. The fourth-order valence-corrected chi connectivity index (χ4v) is 3.96. The van der Waals surface area contributed by atoms with Gasteiger partial charge in [0.25, 0.3) is 0 Å². The first kappa shape index (κ1) is 15.4. The highest BCUT2D eigenvalue weighted by molar-refractivity contribution is 7.18. The first-order chi connectivity index (χ1) is 12.2. The second-order valence-corrected chi connectivity index (χ2v) is 6.56. The molecule has 0 spiro atoms. The molecule has 0 bridgehead atoms. The van der Waals surface area contributed by atoms with E-state index in [1.54, 1.807) is 30.7 Å². The standard InChI is InChI=1S/C19H16N4OS/c1-21-16(24)5-4-13-9-23-19(20)17-14(10-25-18(13)17)12-3-2-11-6-7-22-15(11)8-12/h2-10,22H,1H3,(H2,20,23)(H,21,24). The topological polar surface area (TPSA) is 83.8 Å². The molecule has 0 saturated heterocycles. The molecule has 0 atom stereocenters. The molecule has 5 nitrogen and oxygen atoms in total. The number of amides is 1. The number of nitrogens with one attached hydrogen (secondary N) is 2. The van der Waals surface area contributed by atoms with Crippen LogP contribution >= 0.6 is 11.3 Å². The molecule has 3 heterocycles. The smallest absolute Gasteiger partial charge is 0.243 e. The first-order valence-electron chi connectivity index (χ1n) is 7.80. The van der Waals surface area contributed by atoms with Crippen LogP contribution in [0.5, 0.6) is 0 Å². The summed E-state index contributed by atoms with van der Waals surface area (Å²) in [7, 11) is 1.60. The van der Waals surface area contributed by atoms with Gasteiger partial charge in [-0.25, -0.2) is 4.98 Å². The minimum Gasteiger partial charge on any atom is -0.383 e. The minimum absolute atomic E-state index is 0.154. The number of rotatable bonds is 3. The second-order valence-electron chi connectivity index (χ2n) is 5.68. The third kappa shape index (κ3) is 2.66. The van der Waals surface area contributed by atoms with Crippen molar-refractivity contribution < 1.29 is 4.79 Å². The average molecular weight is 348 g/mol. The SMILES string of the molecule is CNC(=O)C=Cc1cnc(N)c2c(-c3ccc4cc[nH]c4c3)csc12. The molecular weight excluding hydrogens is 332 g/mol. The zero-order valence-electron chi connectivity index (χ0n) is 13.5. The second kappa shape index (κ2) is 6.07. The summed E-state index contributed by atoms with van der Waals surface area (Å²) in [5.41, 5.74) is 10.3. The molecule has 6 heteroatoms. The molecule has 4 aromatic rings. The maximum Gasteiger partial charge on any atom is 0.243 e. The highest BCUT2D eigenvalue weighted by Crippen LogP contribution is 2.39. The van der Waals surface area contributed by atoms with E-state index in [4.69, 9.17) is 5.73 Å². The number of benzene rings is 1. The van der Waals surface area contributed by atoms with Gasteiger partial charge in [-0.3, -0.25) is 4.79 Å². The molecule has 0 radical (unpaired) electrons. The number of carbonyl (C=O) groups is 1. The molecule has 4 N–H and O–H groups in total. The summed E-state index contributed by atoms with van der Waals surface area (Å²) in [4.78, 5) is 19.0. The Morgan fingerprint density at radius 3 is 3.08 bits per heavy atom. The van der Waals surface area contributed by atoms with Crippen molar-refractivity contribution in [1.82, 2.24) is 15.3 Å². The quantitative estimate of drug-likeness (QED) is 0.493. The van der Waals surface area contributed by atoms with Gasteiger partial charge in [-0.2, -0.15) is 0 Å². The number of hydrogen-bond donors (Lipinski definition) is 3. The van der Waals surface area contributed by atoms with Crippen molar-refractivity contribution in [2.45, 2.75) is 0 Å². The predicted molar refractivity (Wildman–Crippen MR) is 104 cm³/mol. The van der Waals surface area contributed by atoms with Crippen LogP contribution in [-0.4, -0.2) is 22.9 Å². The lowest BCUT2D eigenvalue weighted by molar-refractivity contribution is -0.115. The Morgan fingerprint density at radius 2 is 2.24 bits per heavy atom. The van der Waals surface area contributed by atoms with Gasteiger partial charge in [-0.15, -0.1) is 11.3 Å². The fraction of sp³-hybridized carbons (Fsp3) is 0.0526. The maximum atomic E-state index is 11.5. The average Bonchev–Trinajstić information content (AvgIpc) is 3.27. The number of likely N-dealkylation sites (N-methyl/N-ethyl adjacent to an activating group) is 1. The number of anilines is 1. The number of pyridine rings is 1. The summed E-state index contributed by atoms with van der Waals surface area (Å²) in [5, 5.41) is 6.75. The van der Waals surface area contributed by atoms with Crippen LogP contribution in [-0.2, 0) is 4.79 Å². The molecular formula is C19H16N4OS. The van der Waals surface area contributed by atoms with Gasteiger partial charge in [0, 0.05) is 52.2 Å². The highest BCUT2D eigenvalue weighted by atomic mass is 32.1. The first-order valence-corrected chi connectivity index (χ1v) is 8.68. The molecule has 0 aliphatic rings. The molecule has 0 saturated carbocycles. The van der Waals surface area contributed by atoms with Gasteiger partial charge in [-0.05, 0) is 34.5 Å². The van der Waals surface area contributed by atoms with Crippen molar-refractivity contribution in [2.75, 3.05) is 12.8 Å². The summed E-state index contributed by atoms with van der Waals surface area (Å²) >= 11 is 1.60. The van der Waals surface area contributed by atoms with Crippen molar-refractivity contribution >= 4 is 50.1 Å². The zero-order valence-corrected chi connectivity index (χ0v) is 14.4. The van der Waals surface area contributed by atoms with Crippen LogP contribution < -0.4 is 11.1 Å². The maximum absolute atomic E-state index is 11.5. The molecule has 124 valence electrons. The molecule has 0 aliphatic carbocycles. The summed E-state index contributed by atoms with van der Waals surface area (Å²) < 4.78 is 1.02. The monoisotopic (exact) mass is 348 g/mol. The van der Waals surface area contributed by atoms with Gasteiger partial charge < -0.3 is 16.0 Å². The van der Waals surface area contributed by atoms with E-state index in [0.29, 0.717) is 5.82 Å². The molecule has 25 heavy (non-hydrogen) atoms. The van der Waals surface area contributed by atoms with Crippen LogP contribution in [0, 0.1) is 0 Å². The van der Waals surface area contributed by atoms with Gasteiger partial charge >= 0.3 is 0 Å². The summed E-state index contributed by atoms with van der Waals surface area (Å²) in [6.07, 6.45) is 6.89.